The van der Waals surface area contributed by atoms with Gasteiger partial charge in [0, 0.05) is 6.42 Å². The maximum Gasteiger partial charge on any atom is 0.306 e. The minimum atomic E-state index is -0.795. The van der Waals surface area contributed by atoms with Gasteiger partial charge in [-0.2, -0.15) is 0 Å². The summed E-state index contributed by atoms with van der Waals surface area (Å²) in [6.07, 6.45) is 64.6. The summed E-state index contributed by atoms with van der Waals surface area (Å²) < 4.78 is 5.94. The van der Waals surface area contributed by atoms with Gasteiger partial charge in [0.25, 0.3) is 0 Å². The predicted molar refractivity (Wildman–Crippen MR) is 282 cm³/mol. The van der Waals surface area contributed by atoms with E-state index >= 15 is 0 Å². The van der Waals surface area contributed by atoms with E-state index in [-0.39, 0.29) is 24.9 Å². The highest BCUT2D eigenvalue weighted by Gasteiger charge is 2.24. The topological polar surface area (TPSA) is 95.9 Å². The number of hydrogen-bond donors (Lipinski definition) is 3. The molecule has 0 rings (SSSR count). The molecule has 0 radical (unpaired) electrons. The lowest BCUT2D eigenvalue weighted by molar-refractivity contribution is -0.151. The molecule has 0 aromatic carbocycles. The van der Waals surface area contributed by atoms with Crippen LogP contribution in [0, 0.1) is 0 Å². The van der Waals surface area contributed by atoms with Crippen molar-refractivity contribution < 1.29 is 24.5 Å². The van der Waals surface area contributed by atoms with E-state index in [0.29, 0.717) is 19.3 Å². The van der Waals surface area contributed by atoms with Crippen molar-refractivity contribution >= 4 is 11.9 Å². The zero-order chi connectivity index (χ0) is 47.4. The molecule has 0 bridgehead atoms. The lowest BCUT2D eigenvalue weighted by atomic mass is 10.0. The van der Waals surface area contributed by atoms with Crippen LogP contribution in [-0.2, 0) is 14.3 Å². The van der Waals surface area contributed by atoms with Crippen molar-refractivity contribution in [3.63, 3.8) is 0 Å². The van der Waals surface area contributed by atoms with Gasteiger partial charge in [-0.25, -0.2) is 0 Å². The summed E-state index contributed by atoms with van der Waals surface area (Å²) in [6, 6.07) is -0.710. The molecule has 0 aromatic rings. The molecule has 380 valence electrons. The van der Waals surface area contributed by atoms with E-state index in [2.05, 4.69) is 74.7 Å². The number of ether oxygens (including phenoxy) is 1. The van der Waals surface area contributed by atoms with E-state index < -0.39 is 18.2 Å². The van der Waals surface area contributed by atoms with Crippen LogP contribution in [0.2, 0.25) is 0 Å². The van der Waals surface area contributed by atoms with Gasteiger partial charge in [-0.3, -0.25) is 9.59 Å². The Morgan fingerprint density at radius 2 is 0.877 bits per heavy atom. The smallest absolute Gasteiger partial charge is 0.306 e. The van der Waals surface area contributed by atoms with Crippen molar-refractivity contribution in [2.24, 2.45) is 0 Å². The number of carbonyl (C=O) groups excluding carboxylic acids is 2. The normalized spacial score (nSPS) is 13.5. The molecule has 0 spiro atoms. The molecule has 1 amide bonds. The van der Waals surface area contributed by atoms with Crippen molar-refractivity contribution in [2.45, 2.75) is 309 Å². The zero-order valence-electron chi connectivity index (χ0n) is 43.4. The van der Waals surface area contributed by atoms with Crippen LogP contribution < -0.4 is 5.32 Å². The van der Waals surface area contributed by atoms with E-state index in [1.165, 1.54) is 154 Å². The van der Waals surface area contributed by atoms with Crippen LogP contribution in [0.5, 0.6) is 0 Å². The molecule has 3 atom stereocenters. The molecule has 0 aliphatic heterocycles. The Balaban J connectivity index is 4.52. The average Bonchev–Trinajstić information content (AvgIpc) is 3.30. The molecular formula is C59H109NO5. The van der Waals surface area contributed by atoms with E-state index in [9.17, 15) is 19.8 Å². The molecule has 0 saturated carbocycles. The van der Waals surface area contributed by atoms with Crippen LogP contribution in [-0.4, -0.2) is 46.9 Å². The molecule has 0 aliphatic carbocycles. The largest absolute Gasteiger partial charge is 0.462 e. The maximum atomic E-state index is 13.2. The average molecular weight is 913 g/mol. The van der Waals surface area contributed by atoms with Gasteiger partial charge in [-0.15, -0.1) is 0 Å². The molecule has 0 aliphatic rings. The van der Waals surface area contributed by atoms with Gasteiger partial charge in [0.1, 0.15) is 6.10 Å². The number of esters is 1. The molecule has 0 fully saturated rings. The SMILES string of the molecule is CC/C=C/C/C=C/CCCCCCCC(CC(=O)NC(CO)C(O)CCCCCCCCCCCCCCCCCC)OC(=O)CCCCCCC/C=C/C=C/CCCCCCCCC. The molecular weight excluding hydrogens is 803 g/mol. The minimum absolute atomic E-state index is 0.0626. The van der Waals surface area contributed by atoms with Crippen LogP contribution >= 0.6 is 0 Å². The van der Waals surface area contributed by atoms with E-state index in [4.69, 9.17) is 4.74 Å². The number of unbranched alkanes of at least 4 members (excludes halogenated alkanes) is 32. The third-order valence-electron chi connectivity index (χ3n) is 12.9. The summed E-state index contributed by atoms with van der Waals surface area (Å²) in [7, 11) is 0. The highest BCUT2D eigenvalue weighted by atomic mass is 16.5. The Morgan fingerprint density at radius 3 is 1.34 bits per heavy atom. The van der Waals surface area contributed by atoms with E-state index in [1.54, 1.807) is 0 Å². The monoisotopic (exact) mass is 912 g/mol. The molecule has 6 nitrogen and oxygen atoms in total. The molecule has 0 heterocycles. The second kappa shape index (κ2) is 52.8. The number of allylic oxidation sites excluding steroid dienone is 8. The number of aliphatic hydroxyl groups is 2. The Bertz CT molecular complexity index is 1110. The summed E-state index contributed by atoms with van der Waals surface area (Å²) in [5.41, 5.74) is 0. The fourth-order valence-corrected chi connectivity index (χ4v) is 8.64. The quantitative estimate of drug-likeness (QED) is 0.0245. The number of rotatable bonds is 51. The Kier molecular flexibility index (Phi) is 51.0. The lowest BCUT2D eigenvalue weighted by Gasteiger charge is -2.24. The molecule has 6 heteroatoms. The summed E-state index contributed by atoms with van der Waals surface area (Å²) >= 11 is 0. The van der Waals surface area contributed by atoms with Gasteiger partial charge in [0.2, 0.25) is 5.91 Å². The van der Waals surface area contributed by atoms with Crippen LogP contribution in [0.4, 0.5) is 0 Å². The first-order valence-electron chi connectivity index (χ1n) is 28.4. The number of nitrogens with one attached hydrogen (secondary N) is 1. The first-order chi connectivity index (χ1) is 32.0. The third-order valence-corrected chi connectivity index (χ3v) is 12.9. The number of aliphatic hydroxyl groups excluding tert-OH is 2. The van der Waals surface area contributed by atoms with Crippen molar-refractivity contribution in [1.29, 1.82) is 0 Å². The van der Waals surface area contributed by atoms with Crippen LogP contribution in [0.25, 0.3) is 0 Å². The van der Waals surface area contributed by atoms with Gasteiger partial charge in [-0.1, -0.05) is 249 Å². The first-order valence-corrected chi connectivity index (χ1v) is 28.4. The Hall–Kier alpha value is -2.18. The van der Waals surface area contributed by atoms with Crippen molar-refractivity contribution in [3.05, 3.63) is 48.6 Å². The van der Waals surface area contributed by atoms with Crippen molar-refractivity contribution in [1.82, 2.24) is 5.32 Å². The number of hydrogen-bond acceptors (Lipinski definition) is 5. The van der Waals surface area contributed by atoms with Gasteiger partial charge >= 0.3 is 5.97 Å². The Morgan fingerprint density at radius 1 is 0.477 bits per heavy atom. The summed E-state index contributed by atoms with van der Waals surface area (Å²) in [5, 5.41) is 23.9. The summed E-state index contributed by atoms with van der Waals surface area (Å²) in [6.45, 7) is 6.39. The van der Waals surface area contributed by atoms with Gasteiger partial charge in [-0.05, 0) is 77.0 Å². The highest BCUT2D eigenvalue weighted by molar-refractivity contribution is 5.77. The standard InChI is InChI=1S/C59H109NO5/c1-4-7-10-13-16-19-22-25-27-29-30-32-34-37-40-43-46-49-52-59(64)65-55(50-47-44-41-38-35-24-21-18-15-12-9-6-3)53-58(63)60-56(54-61)57(62)51-48-45-42-39-36-33-31-28-26-23-20-17-14-11-8-5-2/h9,12,18,21,27,29-30,32,55-57,61-62H,4-8,10-11,13-17,19-20,22-26,28,31,33-54H2,1-3H3,(H,60,63)/b12-9+,21-18+,29-27+,32-30+. The predicted octanol–water partition coefficient (Wildman–Crippen LogP) is 17.4. The van der Waals surface area contributed by atoms with Crippen LogP contribution in [0.15, 0.2) is 48.6 Å². The second-order valence-electron chi connectivity index (χ2n) is 19.3. The van der Waals surface area contributed by atoms with Crippen molar-refractivity contribution in [3.8, 4) is 0 Å². The van der Waals surface area contributed by atoms with Gasteiger partial charge in [0.15, 0.2) is 0 Å². The van der Waals surface area contributed by atoms with Gasteiger partial charge < -0.3 is 20.3 Å². The van der Waals surface area contributed by atoms with Crippen LogP contribution in [0.3, 0.4) is 0 Å². The molecule has 0 saturated heterocycles. The van der Waals surface area contributed by atoms with Crippen LogP contribution in [0.1, 0.15) is 290 Å². The molecule has 3 unspecified atom stereocenters. The minimum Gasteiger partial charge on any atom is -0.462 e. The van der Waals surface area contributed by atoms with Gasteiger partial charge in [0.05, 0.1) is 25.2 Å². The molecule has 3 N–H and O–H groups in total. The fourth-order valence-electron chi connectivity index (χ4n) is 8.64. The Labute approximate surface area is 404 Å². The first kappa shape index (κ1) is 62.8. The highest BCUT2D eigenvalue weighted by Crippen LogP contribution is 2.18. The van der Waals surface area contributed by atoms with E-state index in [0.717, 1.165) is 89.9 Å². The molecule has 0 aromatic heterocycles. The lowest BCUT2D eigenvalue weighted by Crippen LogP contribution is -2.46. The molecule has 65 heavy (non-hydrogen) atoms. The third kappa shape index (κ3) is 48.1. The number of carbonyl (C=O) groups is 2. The zero-order valence-corrected chi connectivity index (χ0v) is 43.4. The van der Waals surface area contributed by atoms with Crippen molar-refractivity contribution in [2.75, 3.05) is 6.61 Å². The summed E-state index contributed by atoms with van der Waals surface area (Å²) in [5.74, 6) is -0.497. The maximum absolute atomic E-state index is 13.2. The van der Waals surface area contributed by atoms with E-state index in [1.807, 2.05) is 0 Å². The second-order valence-corrected chi connectivity index (χ2v) is 19.3. The fraction of sp³-hybridized carbons (Fsp3) is 0.831. The number of amides is 1. The summed E-state index contributed by atoms with van der Waals surface area (Å²) in [4.78, 5) is 26.2.